The molecule has 26 heavy (non-hydrogen) atoms. The zero-order chi connectivity index (χ0) is 21.4. The summed E-state index contributed by atoms with van der Waals surface area (Å²) in [5.74, 6) is -0.742. The molecule has 0 heterocycles. The van der Waals surface area contributed by atoms with E-state index in [1.165, 1.54) is 19.3 Å². The SMILES string of the molecule is CC.CCCCC.O=C(O)CCc1ccccc1.[I][V]([I])[I].[I][V]([I])[I]. The summed E-state index contributed by atoms with van der Waals surface area (Å²) in [6, 6.07) is 9.62. The molecule has 0 aliphatic carbocycles. The summed E-state index contributed by atoms with van der Waals surface area (Å²) in [7, 11) is 0. The number of hydrogen-bond acceptors (Lipinski definition) is 1. The Morgan fingerprint density at radius 1 is 0.885 bits per heavy atom. The quantitative estimate of drug-likeness (QED) is 0.299. The molecule has 0 spiro atoms. The Bertz CT molecular complexity index is 358. The molecule has 10 heteroatoms. The van der Waals surface area contributed by atoms with Crippen molar-refractivity contribution in [1.82, 2.24) is 0 Å². The second-order valence-electron chi connectivity index (χ2n) is 4.12. The number of carboxylic acid groups (broad SMARTS) is 1. The Kier molecular flexibility index (Phi) is 48.9. The number of rotatable bonds is 5. The molecular weight excluding hydrogens is 1090 g/mol. The van der Waals surface area contributed by atoms with Crippen molar-refractivity contribution in [1.29, 1.82) is 0 Å². The van der Waals surface area contributed by atoms with E-state index in [2.05, 4.69) is 134 Å². The minimum atomic E-state index is -0.742. The molecule has 0 unspecified atom stereocenters. The molecule has 1 aromatic rings. The summed E-state index contributed by atoms with van der Waals surface area (Å²) in [5.41, 5.74) is 1.08. The fraction of sp³-hybridized carbons (Fsp3) is 0.562. The van der Waals surface area contributed by atoms with Crippen LogP contribution in [0.5, 0.6) is 0 Å². The van der Waals surface area contributed by atoms with Crippen molar-refractivity contribution < 1.29 is 19.7 Å². The number of aryl methyl sites for hydroxylation is 1. The van der Waals surface area contributed by atoms with Gasteiger partial charge in [-0.1, -0.05) is 77.3 Å². The number of carbonyl (C=O) groups is 1. The van der Waals surface area contributed by atoms with E-state index >= 15 is 0 Å². The van der Waals surface area contributed by atoms with Gasteiger partial charge in [0.2, 0.25) is 0 Å². The summed E-state index contributed by atoms with van der Waals surface area (Å²) in [6.45, 7) is 8.42. The molecule has 1 aromatic carbocycles. The van der Waals surface area contributed by atoms with Gasteiger partial charge in [0.1, 0.15) is 0 Å². The molecule has 1 rings (SSSR count). The maximum absolute atomic E-state index is 10.2. The molecule has 0 saturated heterocycles. The summed E-state index contributed by atoms with van der Waals surface area (Å²) < 4.78 is 0. The van der Waals surface area contributed by atoms with Crippen molar-refractivity contribution in [3.05, 3.63) is 35.9 Å². The van der Waals surface area contributed by atoms with Crippen LogP contribution in [0.2, 0.25) is 0 Å². The van der Waals surface area contributed by atoms with Gasteiger partial charge in [-0.25, -0.2) is 0 Å². The Morgan fingerprint density at radius 2 is 1.23 bits per heavy atom. The fourth-order valence-corrected chi connectivity index (χ4v) is 1.25. The van der Waals surface area contributed by atoms with Crippen molar-refractivity contribution in [2.24, 2.45) is 0 Å². The topological polar surface area (TPSA) is 37.3 Å². The van der Waals surface area contributed by atoms with Crippen LogP contribution in [-0.2, 0) is 21.1 Å². The van der Waals surface area contributed by atoms with Crippen LogP contribution in [0.1, 0.15) is 58.9 Å². The second-order valence-corrected chi connectivity index (χ2v) is 74.9. The van der Waals surface area contributed by atoms with Crippen LogP contribution in [0.15, 0.2) is 30.3 Å². The Balaban J connectivity index is -0.000000136. The third-order valence-corrected chi connectivity index (χ3v) is 2.18. The molecule has 0 aliphatic heterocycles. The zero-order valence-electron chi connectivity index (χ0n) is 15.4. The van der Waals surface area contributed by atoms with E-state index in [4.69, 9.17) is 5.11 Å². The molecule has 0 saturated carbocycles. The van der Waals surface area contributed by atoms with Gasteiger partial charge >= 0.3 is 136 Å². The van der Waals surface area contributed by atoms with E-state index in [1.54, 1.807) is 0 Å². The first kappa shape index (κ1) is 37.5. The number of halogens is 6. The third kappa shape index (κ3) is 56.6. The number of carboxylic acids is 1. The number of unbranched alkanes of at least 4 members (excludes halogenated alkanes) is 2. The standard InChI is InChI=1S/C9H10O2.C5H12.C2H6.6HI.2V/c10-9(11)7-6-8-4-2-1-3-5-8;1-3-5-4-2;1-2;;;;;;;;/h1-5H,6-7H2,(H,10,11);3-5H2,1-2H3;1-2H3;6*1H;;/q;;;;;;;;;2*+3/p-6. The first-order valence-corrected chi connectivity index (χ1v) is 35.0. The van der Waals surface area contributed by atoms with Crippen LogP contribution >= 0.6 is 120 Å². The average molecular weight is 1120 g/mol. The summed E-state index contributed by atoms with van der Waals surface area (Å²) >= 11 is 14.8. The predicted octanol–water partition coefficient (Wildman–Crippen LogP) is 10.2. The molecule has 0 bridgehead atoms. The van der Waals surface area contributed by atoms with Gasteiger partial charge < -0.3 is 5.11 Å². The van der Waals surface area contributed by atoms with Gasteiger partial charge in [-0.05, 0) is 12.0 Å². The number of hydrogen-bond donors (Lipinski definition) is 1. The molecule has 2 nitrogen and oxygen atoms in total. The fourth-order valence-electron chi connectivity index (χ4n) is 1.25. The molecule has 0 aliphatic rings. The van der Waals surface area contributed by atoms with E-state index < -0.39 is 5.97 Å². The Morgan fingerprint density at radius 3 is 1.46 bits per heavy atom. The van der Waals surface area contributed by atoms with E-state index in [9.17, 15) is 4.79 Å². The van der Waals surface area contributed by atoms with Crippen LogP contribution in [0.25, 0.3) is 0 Å². The number of aliphatic carboxylic acids is 1. The molecule has 0 aromatic heterocycles. The van der Waals surface area contributed by atoms with Gasteiger partial charge in [-0.15, -0.1) is 0 Å². The molecule has 0 amide bonds. The van der Waals surface area contributed by atoms with E-state index in [1.807, 2.05) is 44.2 Å². The van der Waals surface area contributed by atoms with E-state index in [0.717, 1.165) is 5.56 Å². The van der Waals surface area contributed by atoms with Gasteiger partial charge in [0.25, 0.3) is 0 Å². The Labute approximate surface area is 236 Å². The molecule has 0 radical (unpaired) electrons. The first-order chi connectivity index (χ1) is 12.2. The van der Waals surface area contributed by atoms with Crippen LogP contribution in [0, 0.1) is 0 Å². The molecular formula is C16H28I6O2V2. The van der Waals surface area contributed by atoms with Gasteiger partial charge in [-0.2, -0.15) is 0 Å². The normalized spacial score (nSPS) is 8.62. The van der Waals surface area contributed by atoms with Crippen LogP contribution in [-0.4, -0.2) is 11.1 Å². The van der Waals surface area contributed by atoms with Crippen molar-refractivity contribution in [2.75, 3.05) is 0 Å². The van der Waals surface area contributed by atoms with Crippen LogP contribution in [0.3, 0.4) is 0 Å². The van der Waals surface area contributed by atoms with E-state index in [-0.39, 0.29) is 16.3 Å². The molecule has 0 atom stereocenters. The van der Waals surface area contributed by atoms with Gasteiger partial charge in [0.05, 0.1) is 0 Å². The van der Waals surface area contributed by atoms with Crippen molar-refractivity contribution in [2.45, 2.75) is 59.8 Å². The predicted molar refractivity (Wildman–Crippen MR) is 163 cm³/mol. The van der Waals surface area contributed by atoms with Crippen molar-refractivity contribution >= 4 is 126 Å². The molecule has 1 N–H and O–H groups in total. The zero-order valence-corrected chi connectivity index (χ0v) is 31.2. The summed E-state index contributed by atoms with van der Waals surface area (Å²) in [4.78, 5) is 9.62. The third-order valence-electron chi connectivity index (χ3n) is 2.18. The molecule has 156 valence electrons. The minimum absolute atomic E-state index is 0.212. The van der Waals surface area contributed by atoms with Crippen LogP contribution in [0.4, 0.5) is 0 Å². The maximum atomic E-state index is 10.2. The van der Waals surface area contributed by atoms with Gasteiger partial charge in [-0.3, -0.25) is 4.79 Å². The van der Waals surface area contributed by atoms with Crippen molar-refractivity contribution in [3.8, 4) is 0 Å². The first-order valence-electron chi connectivity index (χ1n) is 7.97. The van der Waals surface area contributed by atoms with E-state index in [0.29, 0.717) is 6.42 Å². The van der Waals surface area contributed by atoms with Crippen LogP contribution < -0.4 is 0 Å². The van der Waals surface area contributed by atoms with Gasteiger partial charge in [0, 0.05) is 6.42 Å². The summed E-state index contributed by atoms with van der Waals surface area (Å²) in [6.07, 6.45) is 4.91. The monoisotopic (exact) mass is 1120 g/mol. The Hall–Kier alpha value is 4.24. The second kappa shape index (κ2) is 33.9. The number of benzene rings is 1. The molecule has 0 fully saturated rings. The average Bonchev–Trinajstić information content (AvgIpc) is 2.56. The van der Waals surface area contributed by atoms with Gasteiger partial charge in [0.15, 0.2) is 0 Å². The summed E-state index contributed by atoms with van der Waals surface area (Å²) in [5, 5.41) is 8.37. The van der Waals surface area contributed by atoms with Crippen molar-refractivity contribution in [3.63, 3.8) is 0 Å².